The summed E-state index contributed by atoms with van der Waals surface area (Å²) in [5, 5.41) is 7.30. The normalized spacial score (nSPS) is 15.0. The van der Waals surface area contributed by atoms with Crippen molar-refractivity contribution in [3.8, 4) is 11.1 Å². The third-order valence-electron chi connectivity index (χ3n) is 6.62. The molecule has 1 fully saturated rings. The van der Waals surface area contributed by atoms with Gasteiger partial charge >= 0.3 is 11.9 Å². The van der Waals surface area contributed by atoms with Crippen molar-refractivity contribution in [2.24, 2.45) is 0 Å². The summed E-state index contributed by atoms with van der Waals surface area (Å²) < 4.78 is 40.6. The van der Waals surface area contributed by atoms with Crippen LogP contribution in [-0.2, 0) is 19.5 Å². The number of alkyl halides is 3. The number of hydrogen-bond acceptors (Lipinski definition) is 6. The number of pyridine rings is 1. The van der Waals surface area contributed by atoms with Crippen LogP contribution in [0, 0.1) is 0 Å². The molecule has 2 aliphatic rings. The van der Waals surface area contributed by atoms with Gasteiger partial charge in [0.05, 0.1) is 16.8 Å². The van der Waals surface area contributed by atoms with Crippen LogP contribution < -0.4 is 21.9 Å². The fourth-order valence-corrected chi connectivity index (χ4v) is 6.22. The smallest absolute Gasteiger partial charge is 0.384 e. The van der Waals surface area contributed by atoms with Crippen LogP contribution in [0.4, 0.5) is 18.9 Å². The minimum atomic E-state index is -4.58. The summed E-state index contributed by atoms with van der Waals surface area (Å²) in [7, 11) is 0. The number of hydrogen-bond donors (Lipinski definition) is 2. The van der Waals surface area contributed by atoms with Crippen LogP contribution >= 0.6 is 22.9 Å². The molecule has 4 aromatic rings. The minimum Gasteiger partial charge on any atom is -0.384 e. The number of halogens is 4. The van der Waals surface area contributed by atoms with Crippen molar-refractivity contribution in [1.29, 1.82) is 0 Å². The summed E-state index contributed by atoms with van der Waals surface area (Å²) >= 11 is 7.74. The second kappa shape index (κ2) is 11.5. The molecule has 12 heteroatoms. The summed E-state index contributed by atoms with van der Waals surface area (Å²) in [4.78, 5) is 29.9. The molecule has 0 spiro atoms. The average Bonchev–Trinajstić information content (AvgIpc) is 3.60. The Kier molecular flexibility index (Phi) is 8.11. The van der Waals surface area contributed by atoms with Crippen molar-refractivity contribution in [2.45, 2.75) is 44.9 Å². The highest BCUT2D eigenvalue weighted by atomic mass is 35.5. The zero-order valence-corrected chi connectivity index (χ0v) is 22.6. The molecule has 2 N–H and O–H groups in total. The lowest BCUT2D eigenvalue weighted by atomic mass is 9.95. The van der Waals surface area contributed by atoms with E-state index in [2.05, 4.69) is 15.6 Å². The molecule has 6 rings (SSSR count). The molecular weight excluding hydrogens is 551 g/mol. The zero-order valence-electron chi connectivity index (χ0n) is 21.0. The molecular formula is C27H27ClF3N5O2S. The van der Waals surface area contributed by atoms with Gasteiger partial charge in [0.15, 0.2) is 0 Å². The number of thiophene rings is 1. The fourth-order valence-electron chi connectivity index (χ4n) is 4.85. The summed E-state index contributed by atoms with van der Waals surface area (Å²) in [5.41, 5.74) is 2.99. The van der Waals surface area contributed by atoms with Gasteiger partial charge in [-0.05, 0) is 68.6 Å². The molecule has 0 radical (unpaired) electrons. The van der Waals surface area contributed by atoms with E-state index in [0.717, 1.165) is 63.3 Å². The Morgan fingerprint density at radius 3 is 2.54 bits per heavy atom. The Labute approximate surface area is 231 Å². The molecule has 1 saturated heterocycles. The first-order valence-electron chi connectivity index (χ1n) is 12.7. The first kappa shape index (κ1) is 27.4. The molecule has 0 bridgehead atoms. The van der Waals surface area contributed by atoms with E-state index in [1.807, 2.05) is 18.2 Å². The van der Waals surface area contributed by atoms with Crippen molar-refractivity contribution < 1.29 is 13.2 Å². The van der Waals surface area contributed by atoms with E-state index in [-0.39, 0.29) is 6.54 Å². The number of fused-ring (bicyclic) bond motifs is 2. The first-order valence-corrected chi connectivity index (χ1v) is 13.9. The maximum Gasteiger partial charge on any atom is 0.406 e. The highest BCUT2D eigenvalue weighted by Crippen LogP contribution is 2.41. The largest absolute Gasteiger partial charge is 0.406 e. The Balaban J connectivity index is 0.000000555. The highest BCUT2D eigenvalue weighted by Gasteiger charge is 2.29. The Morgan fingerprint density at radius 1 is 1.03 bits per heavy atom. The lowest BCUT2D eigenvalue weighted by Gasteiger charge is -2.22. The van der Waals surface area contributed by atoms with E-state index < -0.39 is 24.0 Å². The topological polar surface area (TPSA) is 81.0 Å². The second-order valence-electron chi connectivity index (χ2n) is 9.53. The van der Waals surface area contributed by atoms with Gasteiger partial charge in [-0.25, -0.2) is 4.79 Å². The summed E-state index contributed by atoms with van der Waals surface area (Å²) in [6, 6.07) is 8.45. The van der Waals surface area contributed by atoms with E-state index in [4.69, 9.17) is 11.6 Å². The van der Waals surface area contributed by atoms with Crippen LogP contribution in [-0.4, -0.2) is 39.9 Å². The third kappa shape index (κ3) is 6.37. The van der Waals surface area contributed by atoms with Gasteiger partial charge in [-0.15, -0.1) is 11.3 Å². The molecule has 2 aliphatic heterocycles. The van der Waals surface area contributed by atoms with Crippen LogP contribution in [0.15, 0.2) is 52.3 Å². The first-order chi connectivity index (χ1) is 18.7. The Morgan fingerprint density at radius 2 is 1.82 bits per heavy atom. The van der Waals surface area contributed by atoms with Gasteiger partial charge in [0.1, 0.15) is 6.54 Å². The van der Waals surface area contributed by atoms with Crippen molar-refractivity contribution in [1.82, 2.24) is 19.4 Å². The Hall–Kier alpha value is -3.15. The lowest BCUT2D eigenvalue weighted by Crippen LogP contribution is -2.41. The van der Waals surface area contributed by atoms with Crippen molar-refractivity contribution in [3.05, 3.63) is 79.0 Å². The van der Waals surface area contributed by atoms with Crippen molar-refractivity contribution in [2.75, 3.05) is 25.0 Å². The molecule has 0 aliphatic carbocycles. The van der Waals surface area contributed by atoms with Gasteiger partial charge in [-0.2, -0.15) is 13.2 Å². The number of rotatable bonds is 4. The maximum atomic E-state index is 12.8. The molecule has 1 aromatic carbocycles. The van der Waals surface area contributed by atoms with Crippen molar-refractivity contribution in [3.63, 3.8) is 0 Å². The second-order valence-corrected chi connectivity index (χ2v) is 11.1. The quantitative estimate of drug-likeness (QED) is 0.345. The van der Waals surface area contributed by atoms with E-state index in [0.29, 0.717) is 20.0 Å². The standard InChI is InChI=1S/C23H18ClF3N4O2S.C4H9N/c24-14-8-13-2-1-5-29-20(13)17(9-14)16-3-6-28-18-10-15(34-21(16)18)11-31-19(32)4-7-30(22(31)33)12-23(25,26)27;1-2-4-5-3-1/h3-4,6-10,29H,1-2,5,11-12H2;5H,1-4H2. The lowest BCUT2D eigenvalue weighted by molar-refractivity contribution is -0.141. The predicted molar refractivity (Wildman–Crippen MR) is 149 cm³/mol. The van der Waals surface area contributed by atoms with E-state index in [1.165, 1.54) is 37.3 Å². The van der Waals surface area contributed by atoms with E-state index in [1.54, 1.807) is 12.3 Å². The van der Waals surface area contributed by atoms with Gasteiger partial charge in [-0.1, -0.05) is 11.6 Å². The van der Waals surface area contributed by atoms with Gasteiger partial charge in [0.2, 0.25) is 0 Å². The molecule has 3 aromatic heterocycles. The molecule has 206 valence electrons. The van der Waals surface area contributed by atoms with E-state index >= 15 is 0 Å². The molecule has 0 atom stereocenters. The molecule has 0 unspecified atom stereocenters. The summed E-state index contributed by atoms with van der Waals surface area (Å²) in [5.74, 6) is 0. The predicted octanol–water partition coefficient (Wildman–Crippen LogP) is 5.28. The average molecular weight is 578 g/mol. The van der Waals surface area contributed by atoms with Gasteiger partial charge in [0.25, 0.3) is 5.56 Å². The molecule has 39 heavy (non-hydrogen) atoms. The van der Waals surface area contributed by atoms with Gasteiger partial charge in [0, 0.05) is 51.7 Å². The number of aryl methyl sites for hydroxylation is 1. The van der Waals surface area contributed by atoms with Crippen LogP contribution in [0.2, 0.25) is 5.02 Å². The van der Waals surface area contributed by atoms with Crippen LogP contribution in [0.5, 0.6) is 0 Å². The molecule has 5 heterocycles. The molecule has 0 amide bonds. The SMILES string of the molecule is C1CCNC1.O=c1ccn(CC(F)(F)F)c(=O)n1Cc1cc2nccc(-c3cc(Cl)cc4c3NCCC4)c2s1. The summed E-state index contributed by atoms with van der Waals surface area (Å²) in [6.07, 6.45) is 2.68. The zero-order chi connectivity index (χ0) is 27.6. The third-order valence-corrected chi connectivity index (χ3v) is 7.98. The van der Waals surface area contributed by atoms with Crippen LogP contribution in [0.3, 0.4) is 0 Å². The minimum absolute atomic E-state index is 0.150. The van der Waals surface area contributed by atoms with Gasteiger partial charge in [-0.3, -0.25) is 18.9 Å². The maximum absolute atomic E-state index is 12.8. The number of benzene rings is 1. The monoisotopic (exact) mass is 577 g/mol. The number of nitrogens with zero attached hydrogens (tertiary/aromatic N) is 3. The number of nitrogens with one attached hydrogen (secondary N) is 2. The number of anilines is 1. The van der Waals surface area contributed by atoms with E-state index in [9.17, 15) is 22.8 Å². The summed E-state index contributed by atoms with van der Waals surface area (Å²) in [6.45, 7) is 1.74. The van der Waals surface area contributed by atoms with Crippen LogP contribution in [0.1, 0.15) is 29.7 Å². The Bertz CT molecular complexity index is 1600. The fraction of sp³-hybridized carbons (Fsp3) is 0.370. The van der Waals surface area contributed by atoms with Crippen molar-refractivity contribution >= 4 is 38.8 Å². The highest BCUT2D eigenvalue weighted by molar-refractivity contribution is 7.19. The van der Waals surface area contributed by atoms with Crippen LogP contribution in [0.25, 0.3) is 21.3 Å². The van der Waals surface area contributed by atoms with Gasteiger partial charge < -0.3 is 10.6 Å². The molecule has 0 saturated carbocycles. The molecule has 7 nitrogen and oxygen atoms in total. The number of aromatic nitrogens is 3.